The van der Waals surface area contributed by atoms with E-state index in [1.807, 2.05) is 0 Å². The third kappa shape index (κ3) is 11.5. The Morgan fingerprint density at radius 1 is 0.822 bits per heavy atom. The third-order valence-corrected chi connectivity index (χ3v) is 12.5. The molecule has 45 heavy (non-hydrogen) atoms. The van der Waals surface area contributed by atoms with Crippen LogP contribution in [0.2, 0.25) is 0 Å². The van der Waals surface area contributed by atoms with Crippen LogP contribution < -0.4 is 10.6 Å². The molecule has 0 aromatic heterocycles. The van der Waals surface area contributed by atoms with E-state index in [1.165, 1.54) is 109 Å². The molecule has 2 aliphatic heterocycles. The van der Waals surface area contributed by atoms with Crippen LogP contribution in [0.5, 0.6) is 0 Å². The molecule has 4 nitrogen and oxygen atoms in total. The van der Waals surface area contributed by atoms with Crippen molar-refractivity contribution in [3.05, 3.63) is 47.6 Å². The summed E-state index contributed by atoms with van der Waals surface area (Å²) in [6, 6.07) is 0.572. The van der Waals surface area contributed by atoms with Crippen molar-refractivity contribution in [2.75, 3.05) is 58.9 Å². The fourth-order valence-corrected chi connectivity index (χ4v) is 8.96. The molecule has 2 N–H and O–H groups in total. The van der Waals surface area contributed by atoms with E-state index in [1.54, 1.807) is 5.57 Å². The fourth-order valence-electron chi connectivity index (χ4n) is 8.60. The highest BCUT2D eigenvalue weighted by atomic mass is 35.5. The number of alkyl halides is 2. The number of halogens is 2. The molecule has 0 bridgehead atoms. The number of likely N-dealkylation sites (tertiary alicyclic amines) is 2. The quantitative estimate of drug-likeness (QED) is 0.106. The second kappa shape index (κ2) is 18.8. The normalized spacial score (nSPS) is 30.1. The van der Waals surface area contributed by atoms with E-state index in [2.05, 4.69) is 70.7 Å². The smallest absolute Gasteiger partial charge is 0.0553 e. The summed E-state index contributed by atoms with van der Waals surface area (Å²) < 4.78 is 0. The summed E-state index contributed by atoms with van der Waals surface area (Å²) in [6.07, 6.45) is 29.2. The Morgan fingerprint density at radius 3 is 2.31 bits per heavy atom. The predicted molar refractivity (Wildman–Crippen MR) is 195 cm³/mol. The van der Waals surface area contributed by atoms with E-state index in [0.29, 0.717) is 17.3 Å². The summed E-state index contributed by atoms with van der Waals surface area (Å²) in [4.78, 5) is 5.40. The monoisotopic (exact) mass is 658 g/mol. The highest BCUT2D eigenvalue weighted by Gasteiger charge is 2.27. The first kappa shape index (κ1) is 35.7. The van der Waals surface area contributed by atoms with Crippen molar-refractivity contribution in [2.45, 2.75) is 108 Å². The van der Waals surface area contributed by atoms with Gasteiger partial charge in [0.05, 0.1) is 5.38 Å². The van der Waals surface area contributed by atoms with Crippen LogP contribution in [0, 0.1) is 29.6 Å². The van der Waals surface area contributed by atoms with E-state index in [9.17, 15) is 0 Å². The van der Waals surface area contributed by atoms with E-state index in [0.717, 1.165) is 56.1 Å². The summed E-state index contributed by atoms with van der Waals surface area (Å²) in [5, 5.41) is 8.39. The molecule has 2 saturated heterocycles. The molecular formula is C39H64Cl2N4. The SMILES string of the molecule is CC(C)[C@H](CN1CCC(C2=CCC(Cl)C=C2)CC1)NCCC1C=CCCC1CCNCCN1CCC(C2=CCC(Cl)CC2)CC1. The zero-order valence-corrected chi connectivity index (χ0v) is 30.1. The highest BCUT2D eigenvalue weighted by molar-refractivity contribution is 6.22. The summed E-state index contributed by atoms with van der Waals surface area (Å²) >= 11 is 12.6. The number of allylic oxidation sites excluding steroid dienone is 8. The molecule has 0 aromatic rings. The maximum atomic E-state index is 6.31. The van der Waals surface area contributed by atoms with E-state index >= 15 is 0 Å². The van der Waals surface area contributed by atoms with Crippen molar-refractivity contribution in [1.29, 1.82) is 0 Å². The zero-order chi connectivity index (χ0) is 31.4. The van der Waals surface area contributed by atoms with Crippen LogP contribution in [0.4, 0.5) is 0 Å². The Morgan fingerprint density at radius 2 is 1.60 bits per heavy atom. The first-order valence-corrected chi connectivity index (χ1v) is 19.7. The van der Waals surface area contributed by atoms with Gasteiger partial charge in [-0.25, -0.2) is 0 Å². The Balaban J connectivity index is 0.941. The van der Waals surface area contributed by atoms with Crippen molar-refractivity contribution in [3.8, 4) is 0 Å². The minimum Gasteiger partial charge on any atom is -0.315 e. The van der Waals surface area contributed by atoms with Crippen molar-refractivity contribution >= 4 is 23.2 Å². The molecule has 254 valence electrons. The highest BCUT2D eigenvalue weighted by Crippen LogP contribution is 2.34. The third-order valence-electron chi connectivity index (χ3n) is 11.8. The first-order chi connectivity index (χ1) is 21.9. The molecule has 0 saturated carbocycles. The van der Waals surface area contributed by atoms with Gasteiger partial charge in [-0.05, 0) is 151 Å². The minimum atomic E-state index is 0.191. The molecule has 5 rings (SSSR count). The molecule has 0 radical (unpaired) electrons. The van der Waals surface area contributed by atoms with Crippen LogP contribution in [0.15, 0.2) is 47.6 Å². The van der Waals surface area contributed by atoms with Crippen molar-refractivity contribution in [3.63, 3.8) is 0 Å². The first-order valence-electron chi connectivity index (χ1n) is 18.9. The van der Waals surface area contributed by atoms with Crippen LogP contribution in [-0.4, -0.2) is 85.5 Å². The number of nitrogens with zero attached hydrogens (tertiary/aromatic N) is 2. The Hall–Kier alpha value is -0.620. The zero-order valence-electron chi connectivity index (χ0n) is 28.6. The maximum Gasteiger partial charge on any atom is 0.0553 e. The Labute approximate surface area is 286 Å². The van der Waals surface area contributed by atoms with Crippen LogP contribution in [0.25, 0.3) is 0 Å². The van der Waals surface area contributed by atoms with Crippen LogP contribution >= 0.6 is 23.2 Å². The largest absolute Gasteiger partial charge is 0.315 e. The lowest BCUT2D eigenvalue weighted by molar-refractivity contribution is 0.165. The van der Waals surface area contributed by atoms with Gasteiger partial charge < -0.3 is 20.4 Å². The molecule has 2 fully saturated rings. The lowest BCUT2D eigenvalue weighted by atomic mass is 9.80. The second-order valence-electron chi connectivity index (χ2n) is 15.2. The maximum absolute atomic E-state index is 6.31. The summed E-state index contributed by atoms with van der Waals surface area (Å²) in [5.74, 6) is 3.75. The number of hydrogen-bond acceptors (Lipinski definition) is 4. The van der Waals surface area contributed by atoms with Gasteiger partial charge >= 0.3 is 0 Å². The Kier molecular flexibility index (Phi) is 14.9. The average Bonchev–Trinajstić information content (AvgIpc) is 3.06. The van der Waals surface area contributed by atoms with Gasteiger partial charge in [0.2, 0.25) is 0 Å². The fraction of sp³-hybridized carbons (Fsp3) is 0.795. The predicted octanol–water partition coefficient (Wildman–Crippen LogP) is 8.19. The van der Waals surface area contributed by atoms with Crippen LogP contribution in [0.1, 0.15) is 90.9 Å². The lowest BCUT2D eigenvalue weighted by Crippen LogP contribution is -2.47. The molecule has 2 heterocycles. The molecular weight excluding hydrogens is 595 g/mol. The van der Waals surface area contributed by atoms with E-state index in [4.69, 9.17) is 23.2 Å². The van der Waals surface area contributed by atoms with Crippen molar-refractivity contribution in [1.82, 2.24) is 20.4 Å². The second-order valence-corrected chi connectivity index (χ2v) is 16.4. The lowest BCUT2D eigenvalue weighted by Gasteiger charge is -2.37. The van der Waals surface area contributed by atoms with Crippen LogP contribution in [0.3, 0.4) is 0 Å². The van der Waals surface area contributed by atoms with Gasteiger partial charge in [0, 0.05) is 31.1 Å². The van der Waals surface area contributed by atoms with Gasteiger partial charge in [0.15, 0.2) is 0 Å². The summed E-state index contributed by atoms with van der Waals surface area (Å²) in [5.41, 5.74) is 3.24. The van der Waals surface area contributed by atoms with Gasteiger partial charge in [-0.1, -0.05) is 55.9 Å². The number of piperidine rings is 2. The molecule has 5 atom stereocenters. The number of rotatable bonds is 15. The summed E-state index contributed by atoms with van der Waals surface area (Å²) in [6.45, 7) is 15.6. The minimum absolute atomic E-state index is 0.191. The molecule has 0 amide bonds. The molecule has 0 aromatic carbocycles. The summed E-state index contributed by atoms with van der Waals surface area (Å²) in [7, 11) is 0. The van der Waals surface area contributed by atoms with Gasteiger partial charge in [-0.2, -0.15) is 0 Å². The van der Waals surface area contributed by atoms with Gasteiger partial charge in [-0.15, -0.1) is 23.2 Å². The topological polar surface area (TPSA) is 30.5 Å². The standard InChI is InChI=1S/C39H64Cl2N4/c1-30(2)39(29-45-26-19-36(20-27-45)34-9-13-38(41)14-10-34)43-22-16-32-6-4-3-5-31(32)15-21-42-23-28-44-24-17-35(18-25-44)33-7-11-37(40)12-8-33/h4,6-7,9-10,13,30-32,35-39,42-43H,3,5,8,11-12,14-29H2,1-2H3/t31?,32?,37?,38?,39-/m0/s1. The number of hydrogen-bond donors (Lipinski definition) is 2. The van der Waals surface area contributed by atoms with E-state index < -0.39 is 0 Å². The van der Waals surface area contributed by atoms with Gasteiger partial charge in [0.25, 0.3) is 0 Å². The molecule has 6 heteroatoms. The van der Waals surface area contributed by atoms with Crippen molar-refractivity contribution in [2.24, 2.45) is 29.6 Å². The van der Waals surface area contributed by atoms with Crippen molar-refractivity contribution < 1.29 is 0 Å². The van der Waals surface area contributed by atoms with Gasteiger partial charge in [-0.3, -0.25) is 0 Å². The average molecular weight is 660 g/mol. The molecule has 4 unspecified atom stereocenters. The molecule has 0 spiro atoms. The molecule has 3 aliphatic carbocycles. The van der Waals surface area contributed by atoms with Gasteiger partial charge in [0.1, 0.15) is 0 Å². The Bertz CT molecular complexity index is 989. The number of nitrogens with one attached hydrogen (secondary N) is 2. The van der Waals surface area contributed by atoms with Crippen LogP contribution in [-0.2, 0) is 0 Å². The van der Waals surface area contributed by atoms with E-state index in [-0.39, 0.29) is 5.38 Å². The molecule has 5 aliphatic rings.